The molecule has 0 aliphatic rings. The van der Waals surface area contributed by atoms with E-state index in [1.165, 1.54) is 7.11 Å². The molecular formula is C8H14O5. The van der Waals surface area contributed by atoms with Gasteiger partial charge in [-0.3, -0.25) is 9.68 Å². The molecule has 0 atom stereocenters. The summed E-state index contributed by atoms with van der Waals surface area (Å²) in [6, 6.07) is 0. The minimum absolute atomic E-state index is 0.0175. The summed E-state index contributed by atoms with van der Waals surface area (Å²) in [7, 11) is 1.23. The molecule has 0 saturated carbocycles. The lowest BCUT2D eigenvalue weighted by Gasteiger charge is -2.01. The van der Waals surface area contributed by atoms with Gasteiger partial charge in [0.25, 0.3) is 0 Å². The van der Waals surface area contributed by atoms with E-state index in [0.717, 1.165) is 6.42 Å². The molecule has 0 N–H and O–H groups in total. The second-order valence-electron chi connectivity index (χ2n) is 2.34. The topological polar surface area (TPSA) is 61.8 Å². The van der Waals surface area contributed by atoms with E-state index in [0.29, 0.717) is 6.61 Å². The van der Waals surface area contributed by atoms with Crippen molar-refractivity contribution in [3.8, 4) is 0 Å². The summed E-state index contributed by atoms with van der Waals surface area (Å²) in [5, 5.41) is 0. The molecule has 0 aromatic heterocycles. The summed E-state index contributed by atoms with van der Waals surface area (Å²) in [6.07, 6.45) is 0.785. The molecule has 76 valence electrons. The first-order valence-electron chi connectivity index (χ1n) is 4.09. The highest BCUT2D eigenvalue weighted by Crippen LogP contribution is 1.96. The minimum Gasteiger partial charge on any atom is -0.466 e. The van der Waals surface area contributed by atoms with Crippen molar-refractivity contribution < 1.29 is 24.1 Å². The van der Waals surface area contributed by atoms with Gasteiger partial charge in [0.1, 0.15) is 0 Å². The molecule has 0 rings (SSSR count). The van der Waals surface area contributed by atoms with Crippen molar-refractivity contribution in [3.63, 3.8) is 0 Å². The van der Waals surface area contributed by atoms with E-state index in [9.17, 15) is 9.59 Å². The van der Waals surface area contributed by atoms with Crippen LogP contribution >= 0.6 is 0 Å². The van der Waals surface area contributed by atoms with Crippen LogP contribution in [0.1, 0.15) is 26.2 Å². The van der Waals surface area contributed by atoms with E-state index >= 15 is 0 Å². The minimum atomic E-state index is -0.573. The Hall–Kier alpha value is -1.10. The molecule has 0 bridgehead atoms. The van der Waals surface area contributed by atoms with Crippen molar-refractivity contribution >= 4 is 11.9 Å². The van der Waals surface area contributed by atoms with Gasteiger partial charge in [0.15, 0.2) is 0 Å². The summed E-state index contributed by atoms with van der Waals surface area (Å²) < 4.78 is 4.73. The summed E-state index contributed by atoms with van der Waals surface area (Å²) >= 11 is 0. The van der Waals surface area contributed by atoms with Crippen molar-refractivity contribution in [2.75, 3.05) is 13.7 Å². The highest BCUT2D eigenvalue weighted by Gasteiger charge is 2.08. The molecule has 0 radical (unpaired) electrons. The Morgan fingerprint density at radius 3 is 2.31 bits per heavy atom. The molecule has 0 saturated heterocycles. The molecule has 0 aromatic carbocycles. The Morgan fingerprint density at radius 1 is 1.15 bits per heavy atom. The lowest BCUT2D eigenvalue weighted by Crippen LogP contribution is -2.10. The zero-order valence-corrected chi connectivity index (χ0v) is 7.87. The van der Waals surface area contributed by atoms with Crippen LogP contribution in [0.5, 0.6) is 0 Å². The number of carbonyl (C=O) groups excluding carboxylic acids is 2. The Labute approximate surface area is 76.9 Å². The summed E-state index contributed by atoms with van der Waals surface area (Å²) in [5.74, 6) is -0.967. The first-order chi connectivity index (χ1) is 6.20. The number of hydrogen-bond donors (Lipinski definition) is 0. The third kappa shape index (κ3) is 7.27. The van der Waals surface area contributed by atoms with Crippen LogP contribution in [0.15, 0.2) is 0 Å². The molecule has 0 aromatic rings. The smallest absolute Gasteiger partial charge is 0.342 e. The van der Waals surface area contributed by atoms with Crippen molar-refractivity contribution in [1.82, 2.24) is 0 Å². The van der Waals surface area contributed by atoms with E-state index in [-0.39, 0.29) is 12.8 Å². The SMILES string of the molecule is CCCOC(=O)CCC(=O)OOC. The number of hydrogen-bond acceptors (Lipinski definition) is 5. The number of ether oxygens (including phenoxy) is 1. The predicted molar refractivity (Wildman–Crippen MR) is 43.6 cm³/mol. The Morgan fingerprint density at radius 2 is 1.77 bits per heavy atom. The van der Waals surface area contributed by atoms with Crippen molar-refractivity contribution in [2.24, 2.45) is 0 Å². The summed E-state index contributed by atoms with van der Waals surface area (Å²) in [4.78, 5) is 29.8. The van der Waals surface area contributed by atoms with Gasteiger partial charge in [0.05, 0.1) is 26.6 Å². The third-order valence-corrected chi connectivity index (χ3v) is 1.18. The lowest BCUT2D eigenvalue weighted by molar-refractivity contribution is -0.255. The molecule has 13 heavy (non-hydrogen) atoms. The number of carbonyl (C=O) groups is 2. The van der Waals surface area contributed by atoms with Crippen LogP contribution < -0.4 is 0 Å². The average Bonchev–Trinajstić information content (AvgIpc) is 2.12. The van der Waals surface area contributed by atoms with Crippen LogP contribution in [0.2, 0.25) is 0 Å². The van der Waals surface area contributed by atoms with Crippen LogP contribution in [0, 0.1) is 0 Å². The first-order valence-corrected chi connectivity index (χ1v) is 4.09. The van der Waals surface area contributed by atoms with Crippen LogP contribution in [0.3, 0.4) is 0 Å². The molecule has 5 nitrogen and oxygen atoms in total. The van der Waals surface area contributed by atoms with Gasteiger partial charge in [-0.05, 0) is 6.42 Å². The van der Waals surface area contributed by atoms with Gasteiger partial charge in [-0.2, -0.15) is 4.89 Å². The monoisotopic (exact) mass is 190 g/mol. The van der Waals surface area contributed by atoms with Crippen molar-refractivity contribution in [1.29, 1.82) is 0 Å². The van der Waals surface area contributed by atoms with Crippen LogP contribution in [-0.4, -0.2) is 25.7 Å². The number of esters is 1. The Balaban J connectivity index is 3.40. The lowest BCUT2D eigenvalue weighted by atomic mass is 10.3. The third-order valence-electron chi connectivity index (χ3n) is 1.18. The van der Waals surface area contributed by atoms with Gasteiger partial charge in [0.2, 0.25) is 0 Å². The predicted octanol–water partition coefficient (Wildman–Crippen LogP) is 0.824. The molecule has 0 heterocycles. The zero-order valence-electron chi connectivity index (χ0n) is 7.87. The molecular weight excluding hydrogens is 176 g/mol. The molecule has 0 aliphatic carbocycles. The summed E-state index contributed by atoms with van der Waals surface area (Å²) in [5.41, 5.74) is 0. The highest BCUT2D eigenvalue weighted by molar-refractivity contribution is 5.77. The maximum Gasteiger partial charge on any atom is 0.342 e. The normalized spacial score (nSPS) is 9.38. The highest BCUT2D eigenvalue weighted by atomic mass is 17.2. The molecule has 0 amide bonds. The average molecular weight is 190 g/mol. The van der Waals surface area contributed by atoms with Gasteiger partial charge in [-0.1, -0.05) is 6.92 Å². The number of rotatable bonds is 6. The van der Waals surface area contributed by atoms with E-state index in [4.69, 9.17) is 4.74 Å². The fourth-order valence-electron chi connectivity index (χ4n) is 0.627. The standard InChI is InChI=1S/C8H14O5/c1-3-6-12-7(9)4-5-8(10)13-11-2/h3-6H2,1-2H3. The van der Waals surface area contributed by atoms with E-state index in [1.54, 1.807) is 0 Å². The molecule has 5 heteroatoms. The Bertz CT molecular complexity index is 166. The second-order valence-corrected chi connectivity index (χ2v) is 2.34. The Kier molecular flexibility index (Phi) is 6.91. The van der Waals surface area contributed by atoms with Crippen molar-refractivity contribution in [3.05, 3.63) is 0 Å². The fraction of sp³-hybridized carbons (Fsp3) is 0.750. The van der Waals surface area contributed by atoms with Gasteiger partial charge in [-0.25, -0.2) is 4.79 Å². The first kappa shape index (κ1) is 11.9. The van der Waals surface area contributed by atoms with E-state index in [1.807, 2.05) is 6.92 Å². The van der Waals surface area contributed by atoms with Crippen LogP contribution in [0.25, 0.3) is 0 Å². The van der Waals surface area contributed by atoms with Gasteiger partial charge < -0.3 is 4.74 Å². The fourth-order valence-corrected chi connectivity index (χ4v) is 0.627. The maximum absolute atomic E-state index is 10.8. The van der Waals surface area contributed by atoms with Gasteiger partial charge >= 0.3 is 11.9 Å². The summed E-state index contributed by atoms with van der Waals surface area (Å²) in [6.45, 7) is 2.28. The van der Waals surface area contributed by atoms with Crippen LogP contribution in [0.4, 0.5) is 0 Å². The van der Waals surface area contributed by atoms with Crippen LogP contribution in [-0.2, 0) is 24.1 Å². The maximum atomic E-state index is 10.8. The van der Waals surface area contributed by atoms with E-state index < -0.39 is 11.9 Å². The second kappa shape index (κ2) is 7.54. The van der Waals surface area contributed by atoms with Gasteiger partial charge in [-0.15, -0.1) is 0 Å². The van der Waals surface area contributed by atoms with E-state index in [2.05, 4.69) is 9.78 Å². The van der Waals surface area contributed by atoms with Gasteiger partial charge in [0, 0.05) is 0 Å². The van der Waals surface area contributed by atoms with Crippen molar-refractivity contribution in [2.45, 2.75) is 26.2 Å². The molecule has 0 fully saturated rings. The molecule has 0 spiro atoms. The zero-order chi connectivity index (χ0) is 10.1. The quantitative estimate of drug-likeness (QED) is 0.352. The molecule has 0 aliphatic heterocycles. The molecule has 0 unspecified atom stereocenters. The largest absolute Gasteiger partial charge is 0.466 e.